The predicted octanol–water partition coefficient (Wildman–Crippen LogP) is 6.39. The lowest BCUT2D eigenvalue weighted by atomic mass is 10.0. The Labute approximate surface area is 183 Å². The fourth-order valence-corrected chi connectivity index (χ4v) is 3.98. The highest BCUT2D eigenvalue weighted by atomic mass is 32.1. The van der Waals surface area contributed by atoms with Crippen LogP contribution in [0.2, 0.25) is 0 Å². The zero-order valence-electron chi connectivity index (χ0n) is 16.0. The van der Waals surface area contributed by atoms with Gasteiger partial charge < -0.3 is 9.84 Å². The van der Waals surface area contributed by atoms with Crippen molar-refractivity contribution in [2.45, 2.75) is 0 Å². The van der Waals surface area contributed by atoms with Gasteiger partial charge in [0.2, 0.25) is 0 Å². The molecule has 4 rings (SSSR count). The van der Waals surface area contributed by atoms with Gasteiger partial charge in [0.25, 0.3) is 5.69 Å². The van der Waals surface area contributed by atoms with Crippen molar-refractivity contribution >= 4 is 23.2 Å². The largest absolute Gasteiger partial charge is 0.511 e. The topological polar surface area (TPSA) is 103 Å². The Morgan fingerprint density at radius 3 is 2.41 bits per heavy atom. The summed E-state index contributed by atoms with van der Waals surface area (Å²) < 4.78 is 31.9. The summed E-state index contributed by atoms with van der Waals surface area (Å²) in [6.45, 7) is 0. The van der Waals surface area contributed by atoms with Crippen molar-refractivity contribution in [3.05, 3.63) is 87.8 Å². The maximum absolute atomic E-state index is 13.5. The molecule has 0 radical (unpaired) electrons. The van der Waals surface area contributed by atoms with Gasteiger partial charge in [0.1, 0.15) is 22.4 Å². The third kappa shape index (κ3) is 4.30. The second kappa shape index (κ2) is 8.52. The number of carboxylic acid groups (broad SMARTS) is 1. The van der Waals surface area contributed by atoms with Crippen molar-refractivity contribution in [1.82, 2.24) is 4.98 Å². The average Bonchev–Trinajstić information content (AvgIpc) is 3.23. The Kier molecular flexibility index (Phi) is 5.61. The first-order valence-electron chi connectivity index (χ1n) is 9.03. The summed E-state index contributed by atoms with van der Waals surface area (Å²) in [6.07, 6.45) is -1.59. The number of hydrogen-bond acceptors (Lipinski definition) is 6. The highest BCUT2D eigenvalue weighted by Crippen LogP contribution is 2.39. The monoisotopic (exact) mass is 454 g/mol. The SMILES string of the molecule is O=C(O)Oc1cc(-c2nc(-c3cc(F)cc(F)c3)cs2)ccc1-c1ccccc1[N+](=O)[O-]. The van der Waals surface area contributed by atoms with Crippen molar-refractivity contribution in [1.29, 1.82) is 0 Å². The van der Waals surface area contributed by atoms with E-state index in [1.807, 2.05) is 0 Å². The molecule has 0 aliphatic heterocycles. The van der Waals surface area contributed by atoms with Gasteiger partial charge in [-0.3, -0.25) is 10.1 Å². The van der Waals surface area contributed by atoms with Gasteiger partial charge in [0, 0.05) is 34.2 Å². The first-order valence-corrected chi connectivity index (χ1v) is 9.91. The quantitative estimate of drug-likeness (QED) is 0.162. The smallest absolute Gasteiger partial charge is 0.449 e. The average molecular weight is 454 g/mol. The zero-order valence-corrected chi connectivity index (χ0v) is 16.8. The summed E-state index contributed by atoms with van der Waals surface area (Å²) in [7, 11) is 0. The third-order valence-corrected chi connectivity index (χ3v) is 5.37. The summed E-state index contributed by atoms with van der Waals surface area (Å²) >= 11 is 1.18. The van der Waals surface area contributed by atoms with E-state index in [0.717, 1.165) is 18.2 Å². The number of carbonyl (C=O) groups is 1. The number of halogens is 2. The van der Waals surface area contributed by atoms with Gasteiger partial charge in [-0.15, -0.1) is 11.3 Å². The van der Waals surface area contributed by atoms with E-state index < -0.39 is 22.7 Å². The van der Waals surface area contributed by atoms with Gasteiger partial charge in [-0.25, -0.2) is 18.6 Å². The fraction of sp³-hybridized carbons (Fsp3) is 0. The van der Waals surface area contributed by atoms with E-state index >= 15 is 0 Å². The lowest BCUT2D eigenvalue weighted by molar-refractivity contribution is -0.384. The molecule has 0 fully saturated rings. The molecule has 7 nitrogen and oxygen atoms in total. The Morgan fingerprint density at radius 1 is 1.00 bits per heavy atom. The minimum absolute atomic E-state index is 0.113. The van der Waals surface area contributed by atoms with Crippen LogP contribution in [0.5, 0.6) is 5.75 Å². The van der Waals surface area contributed by atoms with Gasteiger partial charge in [0.05, 0.1) is 16.2 Å². The highest BCUT2D eigenvalue weighted by molar-refractivity contribution is 7.13. The summed E-state index contributed by atoms with van der Waals surface area (Å²) in [5.74, 6) is -1.58. The number of nitro benzene ring substituents is 1. The Bertz CT molecular complexity index is 1340. The number of aromatic nitrogens is 1. The number of para-hydroxylation sites is 1. The van der Waals surface area contributed by atoms with Crippen LogP contribution in [0.25, 0.3) is 33.0 Å². The standard InChI is InChI=1S/C22H12F2N2O5S/c23-14-7-13(8-15(24)10-14)18-11-32-21(25-18)12-5-6-17(20(9-12)31-22(27)28)16-3-1-2-4-19(16)26(29)30/h1-11H,(H,27,28). The number of thiazole rings is 1. The molecule has 0 aliphatic rings. The molecule has 160 valence electrons. The van der Waals surface area contributed by atoms with Gasteiger partial charge in [-0.05, 0) is 30.3 Å². The van der Waals surface area contributed by atoms with Crippen LogP contribution in [0.1, 0.15) is 0 Å². The van der Waals surface area contributed by atoms with Crippen LogP contribution in [-0.4, -0.2) is 21.2 Å². The van der Waals surface area contributed by atoms with Crippen molar-refractivity contribution < 1.29 is 28.3 Å². The van der Waals surface area contributed by atoms with Crippen LogP contribution < -0.4 is 4.74 Å². The molecule has 0 atom stereocenters. The van der Waals surface area contributed by atoms with Crippen LogP contribution >= 0.6 is 11.3 Å². The first kappa shape index (κ1) is 21.1. The van der Waals surface area contributed by atoms with Gasteiger partial charge in [0.15, 0.2) is 0 Å². The molecule has 1 heterocycles. The van der Waals surface area contributed by atoms with E-state index in [2.05, 4.69) is 4.98 Å². The van der Waals surface area contributed by atoms with Gasteiger partial charge in [-0.1, -0.05) is 18.2 Å². The number of ether oxygens (including phenoxy) is 1. The molecule has 0 amide bonds. The number of nitrogens with zero attached hydrogens (tertiary/aromatic N) is 2. The molecular weight excluding hydrogens is 442 g/mol. The van der Waals surface area contributed by atoms with E-state index in [9.17, 15) is 23.7 Å². The number of benzene rings is 3. The number of nitro groups is 1. The number of hydrogen-bond donors (Lipinski definition) is 1. The van der Waals surface area contributed by atoms with Crippen LogP contribution in [0.4, 0.5) is 19.3 Å². The molecule has 10 heteroatoms. The van der Waals surface area contributed by atoms with Crippen molar-refractivity contribution in [3.8, 4) is 38.7 Å². The second-order valence-corrected chi connectivity index (χ2v) is 7.41. The van der Waals surface area contributed by atoms with Crippen molar-refractivity contribution in [2.24, 2.45) is 0 Å². The lowest BCUT2D eigenvalue weighted by Crippen LogP contribution is -2.05. The highest BCUT2D eigenvalue weighted by Gasteiger charge is 2.20. The molecule has 4 aromatic rings. The maximum Gasteiger partial charge on any atom is 0.511 e. The maximum atomic E-state index is 13.5. The molecule has 0 aliphatic carbocycles. The molecule has 0 saturated heterocycles. The van der Waals surface area contributed by atoms with E-state index in [4.69, 9.17) is 9.84 Å². The minimum Gasteiger partial charge on any atom is -0.449 e. The molecule has 0 saturated carbocycles. The predicted molar refractivity (Wildman–Crippen MR) is 114 cm³/mol. The molecule has 3 aromatic carbocycles. The fourth-order valence-electron chi connectivity index (χ4n) is 3.16. The summed E-state index contributed by atoms with van der Waals surface area (Å²) in [6, 6.07) is 13.4. The van der Waals surface area contributed by atoms with Crippen LogP contribution in [0.15, 0.2) is 66.0 Å². The van der Waals surface area contributed by atoms with Crippen LogP contribution in [0.3, 0.4) is 0 Å². The molecule has 1 N–H and O–H groups in total. The molecule has 1 aromatic heterocycles. The second-order valence-electron chi connectivity index (χ2n) is 6.55. The normalized spacial score (nSPS) is 10.7. The van der Waals surface area contributed by atoms with Gasteiger partial charge in [-0.2, -0.15) is 0 Å². The zero-order chi connectivity index (χ0) is 22.8. The molecular formula is C22H12F2N2O5S. The van der Waals surface area contributed by atoms with E-state index in [1.165, 1.54) is 41.7 Å². The minimum atomic E-state index is -1.59. The first-order chi connectivity index (χ1) is 15.3. The van der Waals surface area contributed by atoms with Crippen molar-refractivity contribution in [2.75, 3.05) is 0 Å². The van der Waals surface area contributed by atoms with Crippen molar-refractivity contribution in [3.63, 3.8) is 0 Å². The van der Waals surface area contributed by atoms with Gasteiger partial charge >= 0.3 is 6.16 Å². The molecule has 0 bridgehead atoms. The molecule has 0 unspecified atom stereocenters. The van der Waals surface area contributed by atoms with E-state index in [1.54, 1.807) is 17.5 Å². The molecule has 32 heavy (non-hydrogen) atoms. The van der Waals surface area contributed by atoms with Crippen LogP contribution in [-0.2, 0) is 0 Å². The summed E-state index contributed by atoms with van der Waals surface area (Å²) in [4.78, 5) is 26.4. The van der Waals surface area contributed by atoms with E-state index in [-0.39, 0.29) is 28.1 Å². The Balaban J connectivity index is 1.78. The lowest BCUT2D eigenvalue weighted by Gasteiger charge is -2.10. The Hall–Kier alpha value is -4.18. The summed E-state index contributed by atoms with van der Waals surface area (Å²) in [5, 5.41) is 22.6. The Morgan fingerprint density at radius 2 is 1.72 bits per heavy atom. The molecule has 0 spiro atoms. The summed E-state index contributed by atoms with van der Waals surface area (Å²) in [5.41, 5.74) is 1.26. The third-order valence-electron chi connectivity index (χ3n) is 4.48. The van der Waals surface area contributed by atoms with E-state index in [0.29, 0.717) is 16.3 Å². The van der Waals surface area contributed by atoms with Crippen LogP contribution in [0, 0.1) is 21.7 Å². The number of rotatable bonds is 5.